The first-order valence-electron chi connectivity index (χ1n) is 11.6. The van der Waals surface area contributed by atoms with Crippen molar-refractivity contribution in [3.63, 3.8) is 0 Å². The SMILES string of the molecule is CC1CN(C2=Nc3ccc(C(F)(F)F)cc3Oc3ccccc32)CCN1C(=O)COc1ccccc1. The molecule has 0 saturated carbocycles. The monoisotopic (exact) mass is 495 g/mol. The molecule has 0 spiro atoms. The number of aliphatic imine (C=N–C) groups is 1. The van der Waals surface area contributed by atoms with Crippen LogP contribution >= 0.6 is 0 Å². The molecule has 36 heavy (non-hydrogen) atoms. The van der Waals surface area contributed by atoms with Gasteiger partial charge in [-0.15, -0.1) is 0 Å². The number of rotatable bonds is 3. The molecule has 9 heteroatoms. The summed E-state index contributed by atoms with van der Waals surface area (Å²) in [7, 11) is 0. The minimum absolute atomic E-state index is 0.0483. The average molecular weight is 496 g/mol. The Bertz CT molecular complexity index is 1290. The van der Waals surface area contributed by atoms with Crippen LogP contribution in [-0.2, 0) is 11.0 Å². The molecule has 1 amide bonds. The van der Waals surface area contributed by atoms with Crippen LogP contribution in [0.15, 0.2) is 77.8 Å². The summed E-state index contributed by atoms with van der Waals surface area (Å²) in [6, 6.07) is 19.5. The number of para-hydroxylation sites is 2. The summed E-state index contributed by atoms with van der Waals surface area (Å²) >= 11 is 0. The van der Waals surface area contributed by atoms with Crippen LogP contribution in [0.25, 0.3) is 0 Å². The first-order valence-corrected chi connectivity index (χ1v) is 11.6. The Labute approximate surface area is 206 Å². The van der Waals surface area contributed by atoms with Crippen LogP contribution in [0.1, 0.15) is 18.1 Å². The topological polar surface area (TPSA) is 54.4 Å². The molecule has 1 fully saturated rings. The lowest BCUT2D eigenvalue weighted by molar-refractivity contribution is -0.138. The highest BCUT2D eigenvalue weighted by atomic mass is 19.4. The number of hydrogen-bond donors (Lipinski definition) is 0. The third-order valence-corrected chi connectivity index (χ3v) is 6.21. The number of carbonyl (C=O) groups is 1. The van der Waals surface area contributed by atoms with E-state index in [-0.39, 0.29) is 24.3 Å². The van der Waals surface area contributed by atoms with Crippen LogP contribution < -0.4 is 9.47 Å². The number of hydrogen-bond acceptors (Lipinski definition) is 5. The van der Waals surface area contributed by atoms with E-state index < -0.39 is 11.7 Å². The lowest BCUT2D eigenvalue weighted by Gasteiger charge is -2.41. The molecule has 0 radical (unpaired) electrons. The lowest BCUT2D eigenvalue weighted by atomic mass is 10.1. The zero-order valence-corrected chi connectivity index (χ0v) is 19.5. The fraction of sp³-hybridized carbons (Fsp3) is 0.259. The number of benzene rings is 3. The molecule has 0 bridgehead atoms. The van der Waals surface area contributed by atoms with E-state index in [9.17, 15) is 18.0 Å². The largest absolute Gasteiger partial charge is 0.484 e. The molecule has 1 saturated heterocycles. The van der Waals surface area contributed by atoms with Gasteiger partial charge in [0.15, 0.2) is 12.4 Å². The second kappa shape index (κ2) is 9.56. The summed E-state index contributed by atoms with van der Waals surface area (Å²) in [6.45, 7) is 3.36. The van der Waals surface area contributed by atoms with Gasteiger partial charge in [-0.3, -0.25) is 4.79 Å². The first kappa shape index (κ1) is 23.7. The summed E-state index contributed by atoms with van der Waals surface area (Å²) in [5.74, 6) is 1.60. The van der Waals surface area contributed by atoms with Gasteiger partial charge in [0.2, 0.25) is 0 Å². The zero-order valence-electron chi connectivity index (χ0n) is 19.5. The fourth-order valence-corrected chi connectivity index (χ4v) is 4.40. The predicted molar refractivity (Wildman–Crippen MR) is 129 cm³/mol. The summed E-state index contributed by atoms with van der Waals surface area (Å²) in [4.78, 5) is 21.4. The molecule has 5 rings (SSSR count). The van der Waals surface area contributed by atoms with E-state index in [0.717, 1.165) is 12.1 Å². The molecule has 1 unspecified atom stereocenters. The van der Waals surface area contributed by atoms with E-state index in [1.165, 1.54) is 6.07 Å². The minimum atomic E-state index is -4.49. The second-order valence-corrected chi connectivity index (χ2v) is 8.70. The quantitative estimate of drug-likeness (QED) is 0.482. The summed E-state index contributed by atoms with van der Waals surface area (Å²) in [6.07, 6.45) is -4.49. The highest BCUT2D eigenvalue weighted by Gasteiger charge is 2.34. The minimum Gasteiger partial charge on any atom is -0.484 e. The normalized spacial score (nSPS) is 17.3. The van der Waals surface area contributed by atoms with E-state index in [4.69, 9.17) is 14.5 Å². The van der Waals surface area contributed by atoms with E-state index in [1.54, 1.807) is 29.2 Å². The van der Waals surface area contributed by atoms with Gasteiger partial charge in [-0.25, -0.2) is 4.99 Å². The number of fused-ring (bicyclic) bond motifs is 2. The third-order valence-electron chi connectivity index (χ3n) is 6.21. The fourth-order valence-electron chi connectivity index (χ4n) is 4.40. The average Bonchev–Trinajstić information content (AvgIpc) is 3.03. The van der Waals surface area contributed by atoms with Crippen molar-refractivity contribution in [3.8, 4) is 17.2 Å². The van der Waals surface area contributed by atoms with Gasteiger partial charge in [0.1, 0.15) is 23.0 Å². The first-order chi connectivity index (χ1) is 17.3. The lowest BCUT2D eigenvalue weighted by Crippen LogP contribution is -2.56. The Morgan fingerprint density at radius 2 is 1.78 bits per heavy atom. The Balaban J connectivity index is 1.37. The van der Waals surface area contributed by atoms with Gasteiger partial charge in [0, 0.05) is 25.7 Å². The Morgan fingerprint density at radius 3 is 2.53 bits per heavy atom. The number of nitrogens with zero attached hydrogens (tertiary/aromatic N) is 3. The molecule has 0 N–H and O–H groups in total. The maximum atomic E-state index is 13.3. The van der Waals surface area contributed by atoms with Crippen molar-refractivity contribution in [2.75, 3.05) is 26.2 Å². The number of amides is 1. The van der Waals surface area contributed by atoms with E-state index in [2.05, 4.69) is 0 Å². The number of carbonyl (C=O) groups excluding carboxylic acids is 1. The van der Waals surface area contributed by atoms with Gasteiger partial charge >= 0.3 is 6.18 Å². The van der Waals surface area contributed by atoms with Gasteiger partial charge in [-0.1, -0.05) is 30.3 Å². The van der Waals surface area contributed by atoms with Gasteiger partial charge in [-0.2, -0.15) is 13.2 Å². The van der Waals surface area contributed by atoms with Crippen LogP contribution in [0.3, 0.4) is 0 Å². The van der Waals surface area contributed by atoms with Crippen LogP contribution in [0.2, 0.25) is 0 Å². The third kappa shape index (κ3) is 4.86. The molecule has 1 atom stereocenters. The van der Waals surface area contributed by atoms with Gasteiger partial charge in [0.05, 0.1) is 11.1 Å². The smallest absolute Gasteiger partial charge is 0.416 e. The second-order valence-electron chi connectivity index (χ2n) is 8.70. The van der Waals surface area contributed by atoms with Crippen molar-refractivity contribution in [1.29, 1.82) is 0 Å². The van der Waals surface area contributed by atoms with Gasteiger partial charge in [0.25, 0.3) is 5.91 Å². The molecule has 2 aliphatic heterocycles. The maximum Gasteiger partial charge on any atom is 0.416 e. The van der Waals surface area contributed by atoms with Crippen molar-refractivity contribution in [1.82, 2.24) is 9.80 Å². The number of alkyl halides is 3. The van der Waals surface area contributed by atoms with Gasteiger partial charge in [-0.05, 0) is 49.4 Å². The molecule has 3 aromatic carbocycles. The molecule has 3 aromatic rings. The molecule has 2 heterocycles. The highest BCUT2D eigenvalue weighted by Crippen LogP contribution is 2.42. The number of ether oxygens (including phenoxy) is 2. The molecular weight excluding hydrogens is 471 g/mol. The van der Waals surface area contributed by atoms with Crippen LogP contribution in [0.5, 0.6) is 17.2 Å². The number of halogens is 3. The van der Waals surface area contributed by atoms with Crippen molar-refractivity contribution in [2.24, 2.45) is 4.99 Å². The van der Waals surface area contributed by atoms with Crippen LogP contribution in [0.4, 0.5) is 18.9 Å². The molecule has 2 aliphatic rings. The van der Waals surface area contributed by atoms with Crippen molar-refractivity contribution in [2.45, 2.75) is 19.1 Å². The Kier molecular flexibility index (Phi) is 6.30. The molecule has 6 nitrogen and oxygen atoms in total. The molecule has 0 aliphatic carbocycles. The summed E-state index contributed by atoms with van der Waals surface area (Å²) in [5, 5.41) is 0. The van der Waals surface area contributed by atoms with E-state index in [0.29, 0.717) is 48.2 Å². The van der Waals surface area contributed by atoms with Crippen molar-refractivity contribution in [3.05, 3.63) is 83.9 Å². The van der Waals surface area contributed by atoms with Crippen LogP contribution in [0, 0.1) is 0 Å². The maximum absolute atomic E-state index is 13.3. The summed E-state index contributed by atoms with van der Waals surface area (Å²) in [5.41, 5.74) is 0.203. The zero-order chi connectivity index (χ0) is 25.3. The Morgan fingerprint density at radius 1 is 1.03 bits per heavy atom. The van der Waals surface area contributed by atoms with Gasteiger partial charge < -0.3 is 19.3 Å². The van der Waals surface area contributed by atoms with Crippen molar-refractivity contribution < 1.29 is 27.4 Å². The van der Waals surface area contributed by atoms with E-state index in [1.807, 2.05) is 42.2 Å². The molecule has 186 valence electrons. The highest BCUT2D eigenvalue weighted by molar-refractivity contribution is 6.04. The standard InChI is InChI=1S/C27H24F3N3O3/c1-18-16-32(13-14-33(18)25(34)17-35-20-7-3-2-4-8-20)26-21-9-5-6-10-23(21)36-24-15-19(27(28,29)30)11-12-22(24)31-26/h2-12,15,18H,13-14,16-17H2,1H3. The number of amidine groups is 1. The number of piperazine rings is 1. The van der Waals surface area contributed by atoms with Crippen molar-refractivity contribution >= 4 is 17.4 Å². The predicted octanol–water partition coefficient (Wildman–Crippen LogP) is 5.50. The van der Waals surface area contributed by atoms with E-state index >= 15 is 0 Å². The molecular formula is C27H24F3N3O3. The van der Waals surface area contributed by atoms with Crippen LogP contribution in [-0.4, -0.2) is 53.8 Å². The Hall–Kier alpha value is -4.01. The summed E-state index contributed by atoms with van der Waals surface area (Å²) < 4.78 is 51.4. The molecule has 0 aromatic heterocycles.